The predicted octanol–water partition coefficient (Wildman–Crippen LogP) is 0.293. The Morgan fingerprint density at radius 2 is 1.75 bits per heavy atom. The Bertz CT molecular complexity index is 884. The number of hydroxylamine groups is 2. The van der Waals surface area contributed by atoms with Gasteiger partial charge in [0.05, 0.1) is 32.8 Å². The van der Waals surface area contributed by atoms with Crippen LogP contribution in [0.2, 0.25) is 0 Å². The molecule has 0 aromatic carbocycles. The van der Waals surface area contributed by atoms with Crippen LogP contribution >= 0.6 is 0 Å². The number of aromatic nitrogens is 1. The van der Waals surface area contributed by atoms with E-state index < -0.39 is 47.5 Å². The van der Waals surface area contributed by atoms with E-state index >= 15 is 0 Å². The number of carbonyl (C=O) groups is 4. The number of rotatable bonds is 8. The van der Waals surface area contributed by atoms with Crippen LogP contribution in [0.4, 0.5) is 0 Å². The summed E-state index contributed by atoms with van der Waals surface area (Å²) in [5, 5.41) is 4.43. The van der Waals surface area contributed by atoms with Gasteiger partial charge in [0.2, 0.25) is 0 Å². The van der Waals surface area contributed by atoms with Gasteiger partial charge in [-0.05, 0) is 26.0 Å². The van der Waals surface area contributed by atoms with Gasteiger partial charge in [-0.15, -0.1) is 0 Å². The smallest absolute Gasteiger partial charge is 0.360 e. The molecule has 0 amide bonds. The Morgan fingerprint density at radius 1 is 1.06 bits per heavy atom. The van der Waals surface area contributed by atoms with Crippen LogP contribution in [0.25, 0.3) is 0 Å². The van der Waals surface area contributed by atoms with E-state index in [1.165, 1.54) is 0 Å². The second-order valence-corrected chi connectivity index (χ2v) is 6.82. The molecule has 32 heavy (non-hydrogen) atoms. The fourth-order valence-corrected chi connectivity index (χ4v) is 3.82. The molecule has 3 rings (SSSR count). The second kappa shape index (κ2) is 9.63. The van der Waals surface area contributed by atoms with Crippen molar-refractivity contribution in [2.45, 2.75) is 50.9 Å². The molecule has 0 radical (unpaired) electrons. The van der Waals surface area contributed by atoms with Gasteiger partial charge in [-0.1, -0.05) is 5.16 Å². The molecule has 0 bridgehead atoms. The molecule has 13 heteroatoms. The highest BCUT2D eigenvalue weighted by Crippen LogP contribution is 2.53. The first-order valence-electron chi connectivity index (χ1n) is 10.0. The number of ether oxygens (including phenoxy) is 4. The molecule has 2 aliphatic rings. The summed E-state index contributed by atoms with van der Waals surface area (Å²) in [7, 11) is 1.16. The molecule has 0 unspecified atom stereocenters. The molecule has 0 aliphatic carbocycles. The van der Waals surface area contributed by atoms with Crippen LogP contribution in [-0.4, -0.2) is 78.9 Å². The molecule has 0 saturated carbocycles. The molecule has 13 nitrogen and oxygen atoms in total. The van der Waals surface area contributed by atoms with Crippen molar-refractivity contribution >= 4 is 23.9 Å². The third kappa shape index (κ3) is 3.82. The van der Waals surface area contributed by atoms with Crippen molar-refractivity contribution in [3.8, 4) is 0 Å². The summed E-state index contributed by atoms with van der Waals surface area (Å²) in [6.07, 6.45) is -1.87. The van der Waals surface area contributed by atoms with Gasteiger partial charge in [0.25, 0.3) is 0 Å². The molecule has 1 aromatic heterocycles. The fourth-order valence-electron chi connectivity index (χ4n) is 3.82. The van der Waals surface area contributed by atoms with E-state index in [1.54, 1.807) is 20.8 Å². The van der Waals surface area contributed by atoms with Crippen molar-refractivity contribution in [3.05, 3.63) is 17.5 Å². The van der Waals surface area contributed by atoms with Crippen LogP contribution in [-0.2, 0) is 43.0 Å². The highest BCUT2D eigenvalue weighted by Gasteiger charge is 2.71. The summed E-state index contributed by atoms with van der Waals surface area (Å²) < 4.78 is 25.0. The lowest BCUT2D eigenvalue weighted by atomic mass is 9.74. The van der Waals surface area contributed by atoms with E-state index in [0.717, 1.165) is 18.6 Å². The SMILES string of the molecule is CCOC(=O)c1nocc1[C@@H]1[C@H](C(=O)OCC)ON2O[C@@H](C(=O)OC)C[C@]12C(=O)OCC. The topological polar surface area (TPSA) is 153 Å². The first kappa shape index (κ1) is 23.6. The molecule has 1 aromatic rings. The summed E-state index contributed by atoms with van der Waals surface area (Å²) >= 11 is 0. The lowest BCUT2D eigenvalue weighted by Gasteiger charge is -2.29. The minimum Gasteiger partial charge on any atom is -0.467 e. The number of fused-ring (bicyclic) bond motifs is 1. The zero-order valence-electron chi connectivity index (χ0n) is 18.0. The summed E-state index contributed by atoms with van der Waals surface area (Å²) in [6.45, 7) is 4.85. The summed E-state index contributed by atoms with van der Waals surface area (Å²) in [5.74, 6) is -4.53. The fraction of sp³-hybridized carbons (Fsp3) is 0.632. The van der Waals surface area contributed by atoms with Crippen molar-refractivity contribution < 1.29 is 52.3 Å². The van der Waals surface area contributed by atoms with Gasteiger partial charge in [-0.3, -0.25) is 9.68 Å². The van der Waals surface area contributed by atoms with Crippen LogP contribution in [0.15, 0.2) is 10.8 Å². The molecule has 2 fully saturated rings. The van der Waals surface area contributed by atoms with Crippen LogP contribution in [0.1, 0.15) is 49.2 Å². The van der Waals surface area contributed by atoms with Gasteiger partial charge in [-0.2, -0.15) is 0 Å². The first-order chi connectivity index (χ1) is 15.3. The first-order valence-corrected chi connectivity index (χ1v) is 10.0. The number of esters is 4. The molecule has 0 spiro atoms. The lowest BCUT2D eigenvalue weighted by Crippen LogP contribution is -2.51. The Kier molecular flexibility index (Phi) is 7.11. The standard InChI is InChI=1S/C19H24N2O11/c1-5-27-16(23)13-10(9-30-20-13)12-14(17(24)28-6-2)32-21-19(12,18(25)29-7-3)8-11(31-21)15(22)26-4/h9,11-12,14H,5-8H2,1-4H3/t11-,12-,14-,19-/m1/s1. The minimum absolute atomic E-state index is 0.0114. The molecule has 2 aliphatic heterocycles. The molecule has 3 heterocycles. The average Bonchev–Trinajstić information content (AvgIpc) is 3.45. The minimum atomic E-state index is -1.85. The number of hydrogen-bond acceptors (Lipinski definition) is 13. The van der Waals surface area contributed by atoms with Crippen molar-refractivity contribution in [2.24, 2.45) is 0 Å². The summed E-state index contributed by atoms with van der Waals surface area (Å²) in [5.41, 5.74) is -2.08. The lowest BCUT2D eigenvalue weighted by molar-refractivity contribution is -0.362. The maximum absolute atomic E-state index is 13.2. The van der Waals surface area contributed by atoms with Gasteiger partial charge >= 0.3 is 23.9 Å². The van der Waals surface area contributed by atoms with E-state index in [9.17, 15) is 19.2 Å². The molecular weight excluding hydrogens is 432 g/mol. The normalized spacial score (nSPS) is 26.9. The van der Waals surface area contributed by atoms with E-state index in [4.69, 9.17) is 33.1 Å². The van der Waals surface area contributed by atoms with E-state index in [2.05, 4.69) is 5.16 Å². The maximum atomic E-state index is 13.2. The highest BCUT2D eigenvalue weighted by molar-refractivity contribution is 5.92. The molecule has 0 N–H and O–H groups in total. The zero-order valence-corrected chi connectivity index (χ0v) is 18.0. The molecule has 2 saturated heterocycles. The predicted molar refractivity (Wildman–Crippen MR) is 99.4 cm³/mol. The third-order valence-electron chi connectivity index (χ3n) is 5.08. The van der Waals surface area contributed by atoms with Crippen LogP contribution in [0.5, 0.6) is 0 Å². The van der Waals surface area contributed by atoms with Gasteiger partial charge in [0, 0.05) is 12.0 Å². The summed E-state index contributed by atoms with van der Waals surface area (Å²) in [6, 6.07) is 0. The third-order valence-corrected chi connectivity index (χ3v) is 5.08. The monoisotopic (exact) mass is 456 g/mol. The Morgan fingerprint density at radius 3 is 2.38 bits per heavy atom. The van der Waals surface area contributed by atoms with E-state index in [0.29, 0.717) is 0 Å². The van der Waals surface area contributed by atoms with Crippen molar-refractivity contribution in [3.63, 3.8) is 0 Å². The Balaban J connectivity index is 2.16. The number of nitrogens with zero attached hydrogens (tertiary/aromatic N) is 2. The van der Waals surface area contributed by atoms with Crippen LogP contribution in [0.3, 0.4) is 0 Å². The largest absolute Gasteiger partial charge is 0.467 e. The van der Waals surface area contributed by atoms with Gasteiger partial charge in [0.15, 0.2) is 23.4 Å². The summed E-state index contributed by atoms with van der Waals surface area (Å²) in [4.78, 5) is 61.7. The van der Waals surface area contributed by atoms with Crippen LogP contribution < -0.4 is 0 Å². The van der Waals surface area contributed by atoms with Crippen molar-refractivity contribution in [1.82, 2.24) is 10.4 Å². The van der Waals surface area contributed by atoms with E-state index in [1.807, 2.05) is 0 Å². The number of carbonyl (C=O) groups excluding carboxylic acids is 4. The van der Waals surface area contributed by atoms with Crippen LogP contribution in [0, 0.1) is 0 Å². The average molecular weight is 456 g/mol. The van der Waals surface area contributed by atoms with Crippen molar-refractivity contribution in [1.29, 1.82) is 0 Å². The van der Waals surface area contributed by atoms with Gasteiger partial charge in [-0.25, -0.2) is 19.2 Å². The maximum Gasteiger partial charge on any atom is 0.360 e. The van der Waals surface area contributed by atoms with Gasteiger partial charge < -0.3 is 23.5 Å². The zero-order chi connectivity index (χ0) is 23.5. The second-order valence-electron chi connectivity index (χ2n) is 6.82. The number of methoxy groups -OCH3 is 1. The quantitative estimate of drug-likeness (QED) is 0.389. The molecular formula is C19H24N2O11. The Hall–Kier alpha value is -3.03. The Labute approximate surface area is 182 Å². The molecule has 4 atom stereocenters. The van der Waals surface area contributed by atoms with Gasteiger partial charge in [0.1, 0.15) is 6.26 Å². The number of hydrogen-bond donors (Lipinski definition) is 0. The highest BCUT2D eigenvalue weighted by atomic mass is 17.0. The van der Waals surface area contributed by atoms with E-state index in [-0.39, 0.29) is 37.5 Å². The van der Waals surface area contributed by atoms with Crippen molar-refractivity contribution in [2.75, 3.05) is 26.9 Å². The molecule has 176 valence electrons.